The summed E-state index contributed by atoms with van der Waals surface area (Å²) >= 11 is 5.31. The molecule has 1 rings (SSSR count). The molecule has 1 atom stereocenters. The van der Waals surface area contributed by atoms with Gasteiger partial charge in [0.15, 0.2) is 0 Å². The SMILES string of the molecule is CC(C)CN(C(C)C)C(CN)c1ccc(Br)s1. The summed E-state index contributed by atoms with van der Waals surface area (Å²) in [6.45, 7) is 10.8. The maximum absolute atomic E-state index is 5.98. The third-order valence-corrected chi connectivity index (χ3v) is 4.51. The van der Waals surface area contributed by atoms with Crippen molar-refractivity contribution in [3.63, 3.8) is 0 Å². The van der Waals surface area contributed by atoms with Crippen LogP contribution in [0.5, 0.6) is 0 Å². The lowest BCUT2D eigenvalue weighted by Gasteiger charge is -2.35. The summed E-state index contributed by atoms with van der Waals surface area (Å²) in [5, 5.41) is 0. The molecular weight excluding hydrogens is 296 g/mol. The minimum atomic E-state index is 0.341. The predicted molar refractivity (Wildman–Crippen MR) is 80.5 cm³/mol. The Kier molecular flexibility index (Phi) is 6.13. The Morgan fingerprint density at radius 2 is 1.94 bits per heavy atom. The molecule has 1 aromatic rings. The Bertz CT molecular complexity index is 336. The molecule has 0 bridgehead atoms. The van der Waals surface area contributed by atoms with E-state index in [2.05, 4.69) is 60.7 Å². The second-order valence-corrected chi connectivity index (χ2v) is 7.57. The molecule has 1 aromatic heterocycles. The Morgan fingerprint density at radius 3 is 2.29 bits per heavy atom. The summed E-state index contributed by atoms with van der Waals surface area (Å²) < 4.78 is 1.18. The van der Waals surface area contributed by atoms with Gasteiger partial charge in [-0.05, 0) is 47.8 Å². The molecule has 0 fully saturated rings. The molecule has 0 amide bonds. The minimum Gasteiger partial charge on any atom is -0.329 e. The van der Waals surface area contributed by atoms with Gasteiger partial charge in [0.2, 0.25) is 0 Å². The Morgan fingerprint density at radius 1 is 1.29 bits per heavy atom. The average molecular weight is 319 g/mol. The van der Waals surface area contributed by atoms with Crippen LogP contribution in [0.1, 0.15) is 38.6 Å². The first kappa shape index (κ1) is 15.2. The fourth-order valence-corrected chi connectivity index (χ4v) is 3.60. The number of halogens is 1. The molecular formula is C13H23BrN2S. The largest absolute Gasteiger partial charge is 0.329 e. The lowest BCUT2D eigenvalue weighted by Crippen LogP contribution is -2.40. The number of hydrogen-bond acceptors (Lipinski definition) is 3. The van der Waals surface area contributed by atoms with Crippen molar-refractivity contribution in [3.8, 4) is 0 Å². The van der Waals surface area contributed by atoms with Crippen molar-refractivity contribution in [2.45, 2.75) is 39.8 Å². The number of nitrogens with two attached hydrogens (primary N) is 1. The summed E-state index contributed by atoms with van der Waals surface area (Å²) in [6, 6.07) is 5.15. The van der Waals surface area contributed by atoms with Gasteiger partial charge in [-0.15, -0.1) is 11.3 Å². The molecule has 4 heteroatoms. The van der Waals surface area contributed by atoms with Gasteiger partial charge >= 0.3 is 0 Å². The van der Waals surface area contributed by atoms with Crippen LogP contribution < -0.4 is 5.73 Å². The van der Waals surface area contributed by atoms with Crippen LogP contribution >= 0.6 is 27.3 Å². The topological polar surface area (TPSA) is 29.3 Å². The van der Waals surface area contributed by atoms with E-state index in [0.29, 0.717) is 24.5 Å². The summed E-state index contributed by atoms with van der Waals surface area (Å²) in [6.07, 6.45) is 0. The smallest absolute Gasteiger partial charge is 0.0702 e. The zero-order valence-corrected chi connectivity index (χ0v) is 13.5. The van der Waals surface area contributed by atoms with Crippen LogP contribution in [0.2, 0.25) is 0 Å². The molecule has 0 aromatic carbocycles. The Hall–Kier alpha value is 0.1000. The van der Waals surface area contributed by atoms with Crippen molar-refractivity contribution in [1.82, 2.24) is 4.90 Å². The predicted octanol–water partition coefficient (Wildman–Crippen LogP) is 3.88. The fraction of sp³-hybridized carbons (Fsp3) is 0.692. The molecule has 0 saturated carbocycles. The van der Waals surface area contributed by atoms with Crippen molar-refractivity contribution >= 4 is 27.3 Å². The van der Waals surface area contributed by atoms with Gasteiger partial charge in [-0.3, -0.25) is 4.90 Å². The van der Waals surface area contributed by atoms with E-state index >= 15 is 0 Å². The van der Waals surface area contributed by atoms with E-state index in [0.717, 1.165) is 6.54 Å². The molecule has 0 aliphatic carbocycles. The minimum absolute atomic E-state index is 0.341. The van der Waals surface area contributed by atoms with Crippen LogP contribution in [-0.2, 0) is 0 Å². The summed E-state index contributed by atoms with van der Waals surface area (Å²) in [5.41, 5.74) is 5.98. The highest BCUT2D eigenvalue weighted by molar-refractivity contribution is 9.11. The van der Waals surface area contributed by atoms with Gasteiger partial charge in [-0.25, -0.2) is 0 Å². The van der Waals surface area contributed by atoms with Crippen molar-refractivity contribution in [2.75, 3.05) is 13.1 Å². The lowest BCUT2D eigenvalue weighted by atomic mass is 10.1. The second kappa shape index (κ2) is 6.88. The van der Waals surface area contributed by atoms with Crippen LogP contribution in [0.25, 0.3) is 0 Å². The zero-order valence-electron chi connectivity index (χ0n) is 11.1. The van der Waals surface area contributed by atoms with Crippen molar-refractivity contribution in [2.24, 2.45) is 11.7 Å². The molecule has 1 unspecified atom stereocenters. The standard InChI is InChI=1S/C13H23BrN2S/c1-9(2)8-16(10(3)4)11(7-15)12-5-6-13(14)17-12/h5-6,9-11H,7-8,15H2,1-4H3. The Balaban J connectivity index is 2.88. The van der Waals surface area contributed by atoms with Gasteiger partial charge < -0.3 is 5.73 Å². The molecule has 2 N–H and O–H groups in total. The third kappa shape index (κ3) is 4.36. The molecule has 0 aliphatic rings. The van der Waals surface area contributed by atoms with Gasteiger partial charge in [0.25, 0.3) is 0 Å². The maximum atomic E-state index is 5.98. The Labute approximate surface area is 117 Å². The van der Waals surface area contributed by atoms with E-state index < -0.39 is 0 Å². The molecule has 98 valence electrons. The van der Waals surface area contributed by atoms with Crippen LogP contribution in [0.3, 0.4) is 0 Å². The van der Waals surface area contributed by atoms with E-state index in [-0.39, 0.29) is 0 Å². The fourth-order valence-electron chi connectivity index (χ4n) is 2.04. The molecule has 0 saturated heterocycles. The van der Waals surface area contributed by atoms with Gasteiger partial charge in [0, 0.05) is 24.0 Å². The number of rotatable bonds is 6. The quantitative estimate of drug-likeness (QED) is 0.862. The van der Waals surface area contributed by atoms with Crippen LogP contribution in [0.4, 0.5) is 0 Å². The van der Waals surface area contributed by atoms with E-state index in [1.54, 1.807) is 11.3 Å². The monoisotopic (exact) mass is 318 g/mol. The van der Waals surface area contributed by atoms with Crippen LogP contribution in [0.15, 0.2) is 15.9 Å². The van der Waals surface area contributed by atoms with E-state index in [1.807, 2.05) is 0 Å². The average Bonchev–Trinajstić information content (AvgIpc) is 2.64. The van der Waals surface area contributed by atoms with E-state index in [9.17, 15) is 0 Å². The van der Waals surface area contributed by atoms with Crippen LogP contribution in [0, 0.1) is 5.92 Å². The van der Waals surface area contributed by atoms with Crippen LogP contribution in [-0.4, -0.2) is 24.0 Å². The number of thiophene rings is 1. The van der Waals surface area contributed by atoms with Gasteiger partial charge in [0.1, 0.15) is 0 Å². The lowest BCUT2D eigenvalue weighted by molar-refractivity contribution is 0.140. The second-order valence-electron chi connectivity index (χ2n) is 5.08. The normalized spacial score (nSPS) is 13.9. The molecule has 0 aliphatic heterocycles. The highest BCUT2D eigenvalue weighted by atomic mass is 79.9. The van der Waals surface area contributed by atoms with Crippen molar-refractivity contribution in [1.29, 1.82) is 0 Å². The highest BCUT2D eigenvalue weighted by Gasteiger charge is 2.23. The van der Waals surface area contributed by atoms with Gasteiger partial charge in [-0.2, -0.15) is 0 Å². The number of hydrogen-bond donors (Lipinski definition) is 1. The van der Waals surface area contributed by atoms with E-state index in [1.165, 1.54) is 8.66 Å². The molecule has 1 heterocycles. The summed E-state index contributed by atoms with van der Waals surface area (Å²) in [4.78, 5) is 3.86. The number of nitrogens with zero attached hydrogens (tertiary/aromatic N) is 1. The van der Waals surface area contributed by atoms with Gasteiger partial charge in [-0.1, -0.05) is 13.8 Å². The molecule has 0 spiro atoms. The zero-order chi connectivity index (χ0) is 13.0. The first-order valence-electron chi connectivity index (χ1n) is 6.16. The first-order chi connectivity index (χ1) is 7.95. The van der Waals surface area contributed by atoms with Crippen molar-refractivity contribution in [3.05, 3.63) is 20.8 Å². The highest BCUT2D eigenvalue weighted by Crippen LogP contribution is 2.31. The third-order valence-electron chi connectivity index (χ3n) is 2.79. The maximum Gasteiger partial charge on any atom is 0.0702 e. The van der Waals surface area contributed by atoms with Crippen molar-refractivity contribution < 1.29 is 0 Å². The molecule has 2 nitrogen and oxygen atoms in total. The van der Waals surface area contributed by atoms with Gasteiger partial charge in [0.05, 0.1) is 9.83 Å². The van der Waals surface area contributed by atoms with E-state index in [4.69, 9.17) is 5.73 Å². The molecule has 0 radical (unpaired) electrons. The first-order valence-corrected chi connectivity index (χ1v) is 7.77. The summed E-state index contributed by atoms with van der Waals surface area (Å²) in [7, 11) is 0. The summed E-state index contributed by atoms with van der Waals surface area (Å²) in [5.74, 6) is 0.662. The molecule has 17 heavy (non-hydrogen) atoms.